The van der Waals surface area contributed by atoms with Gasteiger partial charge in [-0.25, -0.2) is 14.5 Å². The van der Waals surface area contributed by atoms with E-state index in [-0.39, 0.29) is 12.8 Å². The van der Waals surface area contributed by atoms with Gasteiger partial charge in [0, 0.05) is 6.42 Å². The molecular formula is C11H16N4O5. The quantitative estimate of drug-likeness (QED) is 0.638. The summed E-state index contributed by atoms with van der Waals surface area (Å²) in [6.45, 7) is 1.56. The zero-order valence-electron chi connectivity index (χ0n) is 11.1. The molecule has 0 saturated heterocycles. The summed E-state index contributed by atoms with van der Waals surface area (Å²) >= 11 is 0. The van der Waals surface area contributed by atoms with E-state index in [1.165, 1.54) is 24.4 Å². The Balaban J connectivity index is 2.59. The predicted molar refractivity (Wildman–Crippen MR) is 65.5 cm³/mol. The van der Waals surface area contributed by atoms with Crippen LogP contribution < -0.4 is 5.32 Å². The van der Waals surface area contributed by atoms with E-state index in [0.717, 1.165) is 0 Å². The molecular weight excluding hydrogens is 268 g/mol. The third-order valence-electron chi connectivity index (χ3n) is 2.69. The topological polar surface area (TPSA) is 123 Å². The highest BCUT2D eigenvalue weighted by molar-refractivity contribution is 5.86. The van der Waals surface area contributed by atoms with Gasteiger partial charge in [0.25, 0.3) is 0 Å². The van der Waals surface area contributed by atoms with Gasteiger partial charge in [0.1, 0.15) is 24.7 Å². The number of amides is 1. The average Bonchev–Trinajstić information content (AvgIpc) is 2.95. The molecule has 2 atom stereocenters. The van der Waals surface area contributed by atoms with E-state index in [2.05, 4.69) is 20.1 Å². The van der Waals surface area contributed by atoms with Crippen LogP contribution >= 0.6 is 0 Å². The molecule has 1 aromatic heterocycles. The van der Waals surface area contributed by atoms with Gasteiger partial charge in [-0.05, 0) is 13.3 Å². The summed E-state index contributed by atoms with van der Waals surface area (Å²) in [4.78, 5) is 37.6. The maximum Gasteiger partial charge on any atom is 0.326 e. The van der Waals surface area contributed by atoms with E-state index in [4.69, 9.17) is 5.11 Å². The lowest BCUT2D eigenvalue weighted by Gasteiger charge is -2.17. The lowest BCUT2D eigenvalue weighted by molar-refractivity contribution is -0.144. The molecule has 0 spiro atoms. The molecule has 0 aromatic carbocycles. The lowest BCUT2D eigenvalue weighted by atomic mass is 10.1. The first-order chi connectivity index (χ1) is 9.45. The number of aliphatic carboxylic acids is 1. The molecule has 1 heterocycles. The van der Waals surface area contributed by atoms with Crippen LogP contribution in [0.5, 0.6) is 0 Å². The Labute approximate surface area is 114 Å². The van der Waals surface area contributed by atoms with E-state index in [9.17, 15) is 14.4 Å². The van der Waals surface area contributed by atoms with E-state index >= 15 is 0 Å². The van der Waals surface area contributed by atoms with Gasteiger partial charge in [-0.2, -0.15) is 5.10 Å². The molecule has 1 aromatic rings. The van der Waals surface area contributed by atoms with Crippen LogP contribution in [0, 0.1) is 0 Å². The Morgan fingerprint density at radius 1 is 1.45 bits per heavy atom. The van der Waals surface area contributed by atoms with Crippen molar-refractivity contribution in [2.45, 2.75) is 31.8 Å². The van der Waals surface area contributed by atoms with E-state index in [1.807, 2.05) is 0 Å². The van der Waals surface area contributed by atoms with Crippen LogP contribution in [-0.4, -0.2) is 50.9 Å². The molecule has 9 heteroatoms. The van der Waals surface area contributed by atoms with Gasteiger partial charge in [0.15, 0.2) is 0 Å². The van der Waals surface area contributed by atoms with Gasteiger partial charge in [0.2, 0.25) is 5.91 Å². The van der Waals surface area contributed by atoms with Gasteiger partial charge in [0.05, 0.1) is 7.11 Å². The number of aromatic nitrogens is 3. The molecule has 2 unspecified atom stereocenters. The molecule has 0 saturated carbocycles. The highest BCUT2D eigenvalue weighted by Crippen LogP contribution is 2.05. The molecule has 0 radical (unpaired) electrons. The van der Waals surface area contributed by atoms with Crippen LogP contribution in [0.2, 0.25) is 0 Å². The average molecular weight is 284 g/mol. The zero-order chi connectivity index (χ0) is 15.1. The molecule has 1 rings (SSSR count). The van der Waals surface area contributed by atoms with E-state index in [0.29, 0.717) is 0 Å². The predicted octanol–water partition coefficient (Wildman–Crippen LogP) is -0.638. The number of carboxylic acids is 1. The largest absolute Gasteiger partial charge is 0.480 e. The van der Waals surface area contributed by atoms with Crippen molar-refractivity contribution >= 4 is 17.8 Å². The number of hydrogen-bond donors (Lipinski definition) is 2. The minimum Gasteiger partial charge on any atom is -0.480 e. The van der Waals surface area contributed by atoms with Crippen molar-refractivity contribution in [2.24, 2.45) is 0 Å². The van der Waals surface area contributed by atoms with Crippen molar-refractivity contribution in [2.75, 3.05) is 7.11 Å². The van der Waals surface area contributed by atoms with Gasteiger partial charge >= 0.3 is 11.9 Å². The maximum absolute atomic E-state index is 11.9. The lowest BCUT2D eigenvalue weighted by Crippen LogP contribution is -2.44. The second-order valence-electron chi connectivity index (χ2n) is 4.07. The molecule has 1 amide bonds. The number of methoxy groups -OCH3 is 1. The Kier molecular flexibility index (Phi) is 5.63. The number of rotatable bonds is 7. The Hall–Kier alpha value is -2.45. The fourth-order valence-corrected chi connectivity index (χ4v) is 1.45. The standard InChI is InChI=1S/C11H16N4O5/c1-7(15-6-12-5-13-15)10(17)14-8(11(18)19)3-4-9(16)20-2/h5-8H,3-4H2,1-2H3,(H,14,17)(H,18,19). The number of nitrogens with zero attached hydrogens (tertiary/aromatic N) is 3. The molecule has 2 N–H and O–H groups in total. The van der Waals surface area contributed by atoms with Crippen molar-refractivity contribution in [3.05, 3.63) is 12.7 Å². The Morgan fingerprint density at radius 3 is 2.65 bits per heavy atom. The molecule has 20 heavy (non-hydrogen) atoms. The van der Waals surface area contributed by atoms with Crippen molar-refractivity contribution < 1.29 is 24.2 Å². The first kappa shape index (κ1) is 15.6. The smallest absolute Gasteiger partial charge is 0.326 e. The number of esters is 1. The van der Waals surface area contributed by atoms with Crippen LogP contribution in [0.15, 0.2) is 12.7 Å². The number of ether oxygens (including phenoxy) is 1. The molecule has 0 aliphatic rings. The summed E-state index contributed by atoms with van der Waals surface area (Å²) in [5.41, 5.74) is 0. The number of carboxylic acid groups (broad SMARTS) is 1. The van der Waals surface area contributed by atoms with Crippen molar-refractivity contribution in [1.82, 2.24) is 20.1 Å². The highest BCUT2D eigenvalue weighted by Gasteiger charge is 2.24. The minimum absolute atomic E-state index is 0.0438. The van der Waals surface area contributed by atoms with Gasteiger partial charge < -0.3 is 15.2 Å². The van der Waals surface area contributed by atoms with Crippen LogP contribution in [-0.2, 0) is 19.1 Å². The summed E-state index contributed by atoms with van der Waals surface area (Å²) in [7, 11) is 1.21. The minimum atomic E-state index is -1.21. The van der Waals surface area contributed by atoms with Gasteiger partial charge in [-0.3, -0.25) is 9.59 Å². The van der Waals surface area contributed by atoms with Gasteiger partial charge in [-0.1, -0.05) is 0 Å². The molecule has 0 aliphatic carbocycles. The Morgan fingerprint density at radius 2 is 2.15 bits per heavy atom. The van der Waals surface area contributed by atoms with E-state index in [1.54, 1.807) is 6.92 Å². The first-order valence-electron chi connectivity index (χ1n) is 5.89. The fourth-order valence-electron chi connectivity index (χ4n) is 1.45. The number of hydrogen-bond acceptors (Lipinski definition) is 6. The van der Waals surface area contributed by atoms with Crippen LogP contribution in [0.3, 0.4) is 0 Å². The molecule has 0 fully saturated rings. The van der Waals surface area contributed by atoms with Crippen LogP contribution in [0.4, 0.5) is 0 Å². The second kappa shape index (κ2) is 7.22. The van der Waals surface area contributed by atoms with Crippen molar-refractivity contribution in [1.29, 1.82) is 0 Å². The van der Waals surface area contributed by atoms with Crippen molar-refractivity contribution in [3.8, 4) is 0 Å². The second-order valence-corrected chi connectivity index (χ2v) is 4.07. The highest BCUT2D eigenvalue weighted by atomic mass is 16.5. The normalized spacial score (nSPS) is 13.3. The van der Waals surface area contributed by atoms with Crippen LogP contribution in [0.1, 0.15) is 25.8 Å². The summed E-state index contributed by atoms with van der Waals surface area (Å²) in [6.07, 6.45) is 2.49. The Bertz CT molecular complexity index is 473. The summed E-state index contributed by atoms with van der Waals surface area (Å²) < 4.78 is 5.72. The van der Waals surface area contributed by atoms with Gasteiger partial charge in [-0.15, -0.1) is 0 Å². The first-order valence-corrected chi connectivity index (χ1v) is 5.89. The van der Waals surface area contributed by atoms with Crippen LogP contribution in [0.25, 0.3) is 0 Å². The number of carbonyl (C=O) groups is 3. The van der Waals surface area contributed by atoms with E-state index < -0.39 is 29.9 Å². The molecule has 110 valence electrons. The van der Waals surface area contributed by atoms with Crippen molar-refractivity contribution in [3.63, 3.8) is 0 Å². The SMILES string of the molecule is COC(=O)CCC(NC(=O)C(C)n1cncn1)C(=O)O. The fraction of sp³-hybridized carbons (Fsp3) is 0.545. The zero-order valence-corrected chi connectivity index (χ0v) is 11.1. The summed E-state index contributed by atoms with van der Waals surface area (Å²) in [6, 6.07) is -1.86. The number of nitrogens with one attached hydrogen (secondary N) is 1. The summed E-state index contributed by atoms with van der Waals surface area (Å²) in [5.74, 6) is -2.27. The summed E-state index contributed by atoms with van der Waals surface area (Å²) in [5, 5.41) is 15.2. The monoisotopic (exact) mass is 284 g/mol. The number of carbonyl (C=O) groups excluding carboxylic acids is 2. The molecule has 9 nitrogen and oxygen atoms in total. The molecule has 0 bridgehead atoms. The maximum atomic E-state index is 11.9. The third kappa shape index (κ3) is 4.34. The third-order valence-corrected chi connectivity index (χ3v) is 2.69. The molecule has 0 aliphatic heterocycles.